The maximum absolute atomic E-state index is 14.0. The molecule has 25 nitrogen and oxygen atoms in total. The number of aryl methyl sites for hydroxylation is 2. The largest absolute Gasteiger partial charge is 0.475 e. The zero-order valence-electron chi connectivity index (χ0n) is 57.2. The molecule has 20 rings (SSSR count). The van der Waals surface area contributed by atoms with E-state index in [1.54, 1.807) is 34.4 Å². The number of carbonyl (C=O) groups is 4. The van der Waals surface area contributed by atoms with E-state index in [1.807, 2.05) is 110 Å². The van der Waals surface area contributed by atoms with Gasteiger partial charge in [-0.05, 0) is 141 Å². The van der Waals surface area contributed by atoms with Gasteiger partial charge in [-0.1, -0.05) is 23.8 Å². The summed E-state index contributed by atoms with van der Waals surface area (Å²) in [5.74, 6) is 5.06. The molecular weight excluding hydrogens is 1240 g/mol. The maximum Gasteiger partial charge on any atom is 0.237 e. The average molecular weight is 1330 g/mol. The van der Waals surface area contributed by atoms with Gasteiger partial charge in [0.1, 0.15) is 24.3 Å². The molecule has 25 heteroatoms. The molecule has 510 valence electrons. The van der Waals surface area contributed by atoms with Gasteiger partial charge in [0.15, 0.2) is 11.6 Å². The fourth-order valence-electron chi connectivity index (χ4n) is 18.8. The van der Waals surface area contributed by atoms with Crippen molar-refractivity contribution in [3.05, 3.63) is 131 Å². The number of aromatic nitrogens is 10. The summed E-state index contributed by atoms with van der Waals surface area (Å²) < 4.78 is 15.0. The predicted molar refractivity (Wildman–Crippen MR) is 364 cm³/mol. The molecule has 6 aliphatic carbocycles. The van der Waals surface area contributed by atoms with Gasteiger partial charge in [-0.25, -0.2) is 29.9 Å². The second kappa shape index (κ2) is 23.5. The van der Waals surface area contributed by atoms with Crippen LogP contribution in [0.25, 0.3) is 0 Å². The molecule has 0 unspecified atom stereocenters. The lowest BCUT2D eigenvalue weighted by molar-refractivity contribution is -0.184. The van der Waals surface area contributed by atoms with Crippen LogP contribution in [-0.4, -0.2) is 218 Å². The normalized spacial score (nSPS) is 29.1. The summed E-state index contributed by atoms with van der Waals surface area (Å²) in [5, 5.41) is 9.16. The Bertz CT molecular complexity index is 4260. The van der Waals surface area contributed by atoms with Gasteiger partial charge in [-0.3, -0.25) is 63.0 Å². The Morgan fingerprint density at radius 2 is 1.00 bits per heavy atom. The van der Waals surface area contributed by atoms with Crippen molar-refractivity contribution < 1.29 is 28.7 Å². The Hall–Kier alpha value is -8.68. The quantitative estimate of drug-likeness (QED) is 0.106. The Morgan fingerprint density at radius 1 is 0.520 bits per heavy atom. The molecule has 98 heavy (non-hydrogen) atoms. The molecule has 4 amide bonds. The number of amides is 4. The monoisotopic (exact) mass is 1330 g/mol. The van der Waals surface area contributed by atoms with Gasteiger partial charge in [0, 0.05) is 143 Å². The van der Waals surface area contributed by atoms with E-state index in [1.165, 1.54) is 5.57 Å². The first-order valence-electron chi connectivity index (χ1n) is 35.5. The van der Waals surface area contributed by atoms with Gasteiger partial charge >= 0.3 is 0 Å². The fraction of sp³-hybridized carbons (Fsp3) is 0.562. The first kappa shape index (κ1) is 62.8. The van der Waals surface area contributed by atoms with E-state index in [-0.39, 0.29) is 52.2 Å². The molecule has 11 fully saturated rings. The van der Waals surface area contributed by atoms with E-state index >= 15 is 0 Å². The molecule has 4 bridgehead atoms. The minimum Gasteiger partial charge on any atom is -0.475 e. The third kappa shape index (κ3) is 10.6. The summed E-state index contributed by atoms with van der Waals surface area (Å²) in [6.45, 7) is 18.6. The van der Waals surface area contributed by atoms with E-state index in [2.05, 4.69) is 50.9 Å². The molecule has 0 aromatic carbocycles. The van der Waals surface area contributed by atoms with Gasteiger partial charge in [-0.2, -0.15) is 10.2 Å². The van der Waals surface area contributed by atoms with Crippen LogP contribution in [-0.2, 0) is 57.2 Å². The summed E-state index contributed by atoms with van der Waals surface area (Å²) >= 11 is 0. The number of nitrogens with zero attached hydrogens (tertiary/aromatic N) is 19. The van der Waals surface area contributed by atoms with E-state index in [0.717, 1.165) is 173 Å². The van der Waals surface area contributed by atoms with E-state index in [0.29, 0.717) is 87.7 Å². The summed E-state index contributed by atoms with van der Waals surface area (Å²) in [6.07, 6.45) is 20.4. The summed E-state index contributed by atoms with van der Waals surface area (Å²) in [4.78, 5) is 107. The number of likely N-dealkylation sites (tertiary alicyclic amines) is 2. The number of fused-ring (bicyclic) bond motifs is 2. The van der Waals surface area contributed by atoms with Crippen LogP contribution in [0.1, 0.15) is 144 Å². The number of anilines is 2. The van der Waals surface area contributed by atoms with Crippen molar-refractivity contribution in [1.82, 2.24) is 74.0 Å². The lowest BCUT2D eigenvalue weighted by Crippen LogP contribution is -2.78. The topological polar surface area (TPSA) is 247 Å². The molecule has 8 aliphatic heterocycles. The molecule has 0 N–H and O–H groups in total. The highest BCUT2D eigenvalue weighted by Gasteiger charge is 2.73. The average Bonchev–Trinajstić information content (AvgIpc) is 1.21. The van der Waals surface area contributed by atoms with Crippen molar-refractivity contribution in [3.63, 3.8) is 0 Å². The minimum atomic E-state index is -0.467. The van der Waals surface area contributed by atoms with Crippen LogP contribution in [0.4, 0.5) is 11.6 Å². The third-order valence-corrected chi connectivity index (χ3v) is 23.8. The lowest BCUT2D eigenvalue weighted by Gasteiger charge is -2.73. The Balaban J connectivity index is 0.000000147. The molecule has 14 heterocycles. The van der Waals surface area contributed by atoms with Crippen molar-refractivity contribution >= 4 is 46.7 Å². The van der Waals surface area contributed by atoms with Crippen LogP contribution in [0.2, 0.25) is 0 Å². The van der Waals surface area contributed by atoms with Crippen LogP contribution >= 0.6 is 0 Å². The minimum absolute atomic E-state index is 0.0503. The summed E-state index contributed by atoms with van der Waals surface area (Å²) in [7, 11) is 3.86. The molecule has 14 aliphatic rings. The molecule has 5 saturated heterocycles. The SMILES string of the molecule is CC(C)Oc1ccc(C2=NCc3ccc(N4CC[C@]5(CCN(CC(=O)N6CC=C(C78CC(c9ncn(C)n9)(C7)C8)CC6)C5)C4=O)nc32)cn1.CC(C)Oc1ccc(C2=NCc3ccc(N4CC[C@]5(CCN(CC(=O)N6CCN(C78CC(c9ncn(C)n9)(C7)C8)CC6)C5)C4=O)nc32)cn1. The maximum atomic E-state index is 14.0. The number of ether oxygens (including phenoxy) is 2. The second-order valence-corrected chi connectivity index (χ2v) is 31.0. The highest BCUT2D eigenvalue weighted by Crippen LogP contribution is 2.76. The molecule has 2 spiro atoms. The van der Waals surface area contributed by atoms with Crippen LogP contribution in [0, 0.1) is 16.2 Å². The number of hydrogen-bond acceptors (Lipinski definition) is 19. The summed E-state index contributed by atoms with van der Waals surface area (Å²) in [5.41, 5.74) is 8.58. The van der Waals surface area contributed by atoms with E-state index in [9.17, 15) is 19.2 Å². The van der Waals surface area contributed by atoms with Gasteiger partial charge < -0.3 is 19.3 Å². The van der Waals surface area contributed by atoms with Crippen molar-refractivity contribution in [2.45, 2.75) is 140 Å². The van der Waals surface area contributed by atoms with Crippen LogP contribution in [0.3, 0.4) is 0 Å². The van der Waals surface area contributed by atoms with Crippen LogP contribution in [0.5, 0.6) is 11.8 Å². The van der Waals surface area contributed by atoms with Gasteiger partial charge in [0.2, 0.25) is 35.4 Å². The third-order valence-electron chi connectivity index (χ3n) is 23.8. The van der Waals surface area contributed by atoms with E-state index < -0.39 is 10.8 Å². The smallest absolute Gasteiger partial charge is 0.237 e. The molecule has 6 saturated carbocycles. The first-order valence-corrected chi connectivity index (χ1v) is 35.5. The molecule has 0 radical (unpaired) electrons. The second-order valence-electron chi connectivity index (χ2n) is 31.0. The number of pyridine rings is 4. The number of hydrogen-bond donors (Lipinski definition) is 0. The molecule has 6 aromatic rings. The zero-order valence-corrected chi connectivity index (χ0v) is 57.2. The Morgan fingerprint density at radius 3 is 1.44 bits per heavy atom. The number of carbonyl (C=O) groups excluding carboxylic acids is 4. The van der Waals surface area contributed by atoms with Gasteiger partial charge in [-0.15, -0.1) is 0 Å². The number of piperazine rings is 1. The molecule has 6 aromatic heterocycles. The van der Waals surface area contributed by atoms with E-state index in [4.69, 9.17) is 29.4 Å². The lowest BCUT2D eigenvalue weighted by atomic mass is 9.32. The van der Waals surface area contributed by atoms with Crippen molar-refractivity contribution in [2.75, 3.05) is 101 Å². The predicted octanol–water partition coefficient (Wildman–Crippen LogP) is 5.64. The Kier molecular flexibility index (Phi) is 15.1. The standard InChI is InChI=1S/C37H43N9O3.C36H44N10O3/c1-24(2)49-29-7-5-25(16-38-29)31-32-26(17-39-31)4-6-28(41-32)46-15-11-35(34(46)48)10-14-44(22-35)18-30(47)45-12-8-27(9-13-45)36-19-37(20-36,21-36)33-40-23-43(3)42-33;1-24(2)49-28-7-5-25(16-37-28)30-31-26(17-38-30)4-6-27(40-31)46-11-9-34(33(46)48)8-10-43(22-34)18-29(47)44-12-14-45(15-13-44)36-19-35(20-36,21-36)32-39-23-42(3)41-32/h4-8,16,23-24H,9-15,17-22H2,1-3H3;4-7,16,23-24H,8-15,17-22H2,1-3H3/t35-,36?,37?;34-,35?,36?/m00/s1. The van der Waals surface area contributed by atoms with Crippen LogP contribution < -0.4 is 19.3 Å². The highest BCUT2D eigenvalue weighted by atomic mass is 16.5. The van der Waals surface area contributed by atoms with Crippen molar-refractivity contribution in [2.24, 2.45) is 40.3 Å². The van der Waals surface area contributed by atoms with Crippen molar-refractivity contribution in [1.29, 1.82) is 0 Å². The highest BCUT2D eigenvalue weighted by molar-refractivity contribution is 6.15. The van der Waals surface area contributed by atoms with Gasteiger partial charge in [0.25, 0.3) is 0 Å². The van der Waals surface area contributed by atoms with Crippen LogP contribution in [0.15, 0.2) is 95.2 Å². The first-order chi connectivity index (χ1) is 47.3. The Labute approximate surface area is 570 Å². The number of aliphatic imine (C=N–C) groups is 2. The molecule has 2 atom stereocenters. The van der Waals surface area contributed by atoms with Gasteiger partial charge in [0.05, 0.1) is 72.0 Å². The fourth-order valence-corrected chi connectivity index (χ4v) is 18.8. The molecular formula is C73H87N19O6. The van der Waals surface area contributed by atoms with Crippen molar-refractivity contribution in [3.8, 4) is 11.8 Å². The zero-order chi connectivity index (χ0) is 67.1. The number of rotatable bonds is 16. The summed E-state index contributed by atoms with van der Waals surface area (Å²) in [6, 6.07) is 15.6.